The summed E-state index contributed by atoms with van der Waals surface area (Å²) in [4.78, 5) is 35.5. The van der Waals surface area contributed by atoms with Gasteiger partial charge in [-0.25, -0.2) is 4.79 Å². The van der Waals surface area contributed by atoms with Crippen molar-refractivity contribution in [1.29, 1.82) is 0 Å². The smallest absolute Gasteiger partial charge is 0.344 e. The van der Waals surface area contributed by atoms with Crippen molar-refractivity contribution in [3.05, 3.63) is 55.8 Å². The maximum Gasteiger partial charge on any atom is 0.344 e. The van der Waals surface area contributed by atoms with E-state index in [0.717, 1.165) is 9.75 Å². The van der Waals surface area contributed by atoms with Gasteiger partial charge in [0.05, 0.1) is 4.92 Å². The summed E-state index contributed by atoms with van der Waals surface area (Å²) >= 11 is 1.51. The predicted molar refractivity (Wildman–Crippen MR) is 87.7 cm³/mol. The molecule has 0 unspecified atom stereocenters. The summed E-state index contributed by atoms with van der Waals surface area (Å²) in [5.74, 6) is -0.653. The number of benzene rings is 1. The fourth-order valence-electron chi connectivity index (χ4n) is 1.98. The van der Waals surface area contributed by atoms with Crippen LogP contribution < -0.4 is 4.74 Å². The Morgan fingerprint density at radius 2 is 1.83 bits per heavy atom. The molecule has 0 fully saturated rings. The predicted octanol–water partition coefficient (Wildman–Crippen LogP) is 3.08. The second-order valence-corrected chi connectivity index (χ2v) is 6.41. The highest BCUT2D eigenvalue weighted by atomic mass is 32.1. The second kappa shape index (κ2) is 7.69. The monoisotopic (exact) mass is 349 g/mol. The number of nitrogens with zero attached hydrogens (tertiary/aromatic N) is 1. The van der Waals surface area contributed by atoms with E-state index in [2.05, 4.69) is 0 Å². The van der Waals surface area contributed by atoms with Crippen LogP contribution in [0.3, 0.4) is 0 Å². The summed E-state index contributed by atoms with van der Waals surface area (Å²) in [6.07, 6.45) is 0. The van der Waals surface area contributed by atoms with Crippen molar-refractivity contribution < 1.29 is 24.0 Å². The molecule has 0 radical (unpaired) electrons. The van der Waals surface area contributed by atoms with Crippen LogP contribution in [0.2, 0.25) is 0 Å². The third kappa shape index (κ3) is 4.63. The average Bonchev–Trinajstić information content (AvgIpc) is 2.89. The van der Waals surface area contributed by atoms with Crippen LogP contribution in [-0.4, -0.2) is 29.9 Å². The summed E-state index contributed by atoms with van der Waals surface area (Å²) in [6, 6.07) is 7.07. The van der Waals surface area contributed by atoms with Crippen molar-refractivity contribution in [3.63, 3.8) is 0 Å². The number of nitro groups is 1. The van der Waals surface area contributed by atoms with Crippen LogP contribution in [-0.2, 0) is 9.53 Å². The van der Waals surface area contributed by atoms with Crippen molar-refractivity contribution in [2.75, 3.05) is 13.2 Å². The van der Waals surface area contributed by atoms with Crippen molar-refractivity contribution in [3.8, 4) is 5.75 Å². The van der Waals surface area contributed by atoms with E-state index in [1.807, 2.05) is 13.8 Å². The maximum absolute atomic E-state index is 12.0. The second-order valence-electron chi connectivity index (χ2n) is 4.95. The molecule has 0 aliphatic heterocycles. The molecule has 0 N–H and O–H groups in total. The fraction of sp³-hybridized carbons (Fsp3) is 0.250. The highest BCUT2D eigenvalue weighted by Gasteiger charge is 2.15. The van der Waals surface area contributed by atoms with E-state index in [0.29, 0.717) is 11.3 Å². The number of thiophene rings is 1. The molecule has 8 heteroatoms. The van der Waals surface area contributed by atoms with E-state index in [1.165, 1.54) is 35.6 Å². The van der Waals surface area contributed by atoms with Crippen LogP contribution in [0.15, 0.2) is 30.3 Å². The summed E-state index contributed by atoms with van der Waals surface area (Å²) in [6.45, 7) is 3.01. The van der Waals surface area contributed by atoms with E-state index >= 15 is 0 Å². The van der Waals surface area contributed by atoms with Crippen LogP contribution in [0.1, 0.15) is 20.1 Å². The molecule has 0 bridgehead atoms. The first-order valence-corrected chi connectivity index (χ1v) is 7.81. The summed E-state index contributed by atoms with van der Waals surface area (Å²) in [5.41, 5.74) is 0.485. The van der Waals surface area contributed by atoms with E-state index < -0.39 is 10.9 Å². The van der Waals surface area contributed by atoms with Crippen LogP contribution in [0.4, 0.5) is 5.69 Å². The molecule has 0 atom stereocenters. The first kappa shape index (κ1) is 17.6. The van der Waals surface area contributed by atoms with Crippen molar-refractivity contribution in [2.24, 2.45) is 0 Å². The average molecular weight is 349 g/mol. The van der Waals surface area contributed by atoms with E-state index in [9.17, 15) is 19.7 Å². The van der Waals surface area contributed by atoms with Gasteiger partial charge in [0.15, 0.2) is 13.2 Å². The molecule has 24 heavy (non-hydrogen) atoms. The molecular formula is C16H15NO6S. The summed E-state index contributed by atoms with van der Waals surface area (Å²) in [5, 5.41) is 10.5. The van der Waals surface area contributed by atoms with Gasteiger partial charge in [-0.2, -0.15) is 0 Å². The number of non-ortho nitro benzene ring substituents is 1. The Morgan fingerprint density at radius 1 is 1.17 bits per heavy atom. The zero-order chi connectivity index (χ0) is 17.7. The molecule has 0 spiro atoms. The molecule has 7 nitrogen and oxygen atoms in total. The minimum atomic E-state index is -0.689. The minimum Gasteiger partial charge on any atom is -0.482 e. The number of rotatable bonds is 7. The van der Waals surface area contributed by atoms with Gasteiger partial charge in [-0.15, -0.1) is 11.3 Å². The first-order chi connectivity index (χ1) is 11.4. The Kier molecular flexibility index (Phi) is 5.64. The Morgan fingerprint density at radius 3 is 2.38 bits per heavy atom. The van der Waals surface area contributed by atoms with Gasteiger partial charge in [-0.1, -0.05) is 0 Å². The van der Waals surface area contributed by atoms with Gasteiger partial charge >= 0.3 is 5.97 Å². The lowest BCUT2D eigenvalue weighted by molar-refractivity contribution is -0.384. The molecule has 0 amide bonds. The number of ether oxygens (including phenoxy) is 2. The minimum absolute atomic E-state index is 0.0723. The number of ketones is 1. The van der Waals surface area contributed by atoms with Gasteiger partial charge in [0.2, 0.25) is 5.78 Å². The molecule has 126 valence electrons. The Hall–Kier alpha value is -2.74. The lowest BCUT2D eigenvalue weighted by atomic mass is 10.2. The number of hydrogen-bond donors (Lipinski definition) is 0. The molecule has 2 rings (SSSR count). The highest BCUT2D eigenvalue weighted by Crippen LogP contribution is 2.21. The number of aryl methyl sites for hydroxylation is 2. The lowest BCUT2D eigenvalue weighted by Gasteiger charge is -2.06. The largest absolute Gasteiger partial charge is 0.482 e. The standard InChI is InChI=1S/C16H15NO6S/c1-10-7-14(11(2)24-10)15(18)8-23-16(19)9-22-13-5-3-12(4-6-13)17(20)21/h3-7H,8-9H2,1-2H3. The van der Waals surface area contributed by atoms with E-state index in [1.54, 1.807) is 6.07 Å². The SMILES string of the molecule is Cc1cc(C(=O)COC(=O)COc2ccc([N+](=O)[O-])cc2)c(C)s1. The Balaban J connectivity index is 1.80. The maximum atomic E-state index is 12.0. The molecule has 0 aliphatic carbocycles. The zero-order valence-electron chi connectivity index (χ0n) is 13.1. The van der Waals surface area contributed by atoms with Gasteiger partial charge < -0.3 is 9.47 Å². The molecule has 1 aromatic heterocycles. The highest BCUT2D eigenvalue weighted by molar-refractivity contribution is 7.12. The fourth-order valence-corrected chi connectivity index (χ4v) is 2.92. The molecule has 2 aromatic rings. The number of carbonyl (C=O) groups is 2. The molecule has 0 saturated carbocycles. The van der Waals surface area contributed by atoms with Crippen LogP contribution in [0.5, 0.6) is 5.75 Å². The molecule has 0 aliphatic rings. The lowest BCUT2D eigenvalue weighted by Crippen LogP contribution is -2.19. The third-order valence-corrected chi connectivity index (χ3v) is 4.08. The topological polar surface area (TPSA) is 95.7 Å². The number of esters is 1. The van der Waals surface area contributed by atoms with E-state index in [4.69, 9.17) is 9.47 Å². The summed E-state index contributed by atoms with van der Waals surface area (Å²) < 4.78 is 10.1. The van der Waals surface area contributed by atoms with Gasteiger partial charge in [0.1, 0.15) is 5.75 Å². The summed E-state index contributed by atoms with van der Waals surface area (Å²) in [7, 11) is 0. The number of nitro benzene ring substituents is 1. The molecule has 1 heterocycles. The third-order valence-electron chi connectivity index (χ3n) is 3.11. The number of Topliss-reactive ketones (excluding diaryl/α,β-unsaturated/α-hetero) is 1. The van der Waals surface area contributed by atoms with Crippen LogP contribution in [0.25, 0.3) is 0 Å². The Bertz CT molecular complexity index is 765. The van der Waals surface area contributed by atoms with Crippen LogP contribution in [0, 0.1) is 24.0 Å². The van der Waals surface area contributed by atoms with Crippen molar-refractivity contribution in [2.45, 2.75) is 13.8 Å². The van der Waals surface area contributed by atoms with Gasteiger partial charge in [0, 0.05) is 27.5 Å². The normalized spacial score (nSPS) is 10.2. The van der Waals surface area contributed by atoms with Gasteiger partial charge in [-0.05, 0) is 32.0 Å². The van der Waals surface area contributed by atoms with Gasteiger partial charge in [0.25, 0.3) is 5.69 Å². The number of carbonyl (C=O) groups excluding carboxylic acids is 2. The zero-order valence-corrected chi connectivity index (χ0v) is 13.9. The Labute approximate surface area is 142 Å². The molecule has 1 aromatic carbocycles. The number of hydrogen-bond acceptors (Lipinski definition) is 7. The van der Waals surface area contributed by atoms with Crippen molar-refractivity contribution >= 4 is 28.8 Å². The van der Waals surface area contributed by atoms with Crippen LogP contribution >= 0.6 is 11.3 Å². The molecular weight excluding hydrogens is 334 g/mol. The van der Waals surface area contributed by atoms with Crippen molar-refractivity contribution in [1.82, 2.24) is 0 Å². The quantitative estimate of drug-likeness (QED) is 0.330. The van der Waals surface area contributed by atoms with Gasteiger partial charge in [-0.3, -0.25) is 14.9 Å². The van der Waals surface area contributed by atoms with E-state index in [-0.39, 0.29) is 24.7 Å². The molecule has 0 saturated heterocycles. The first-order valence-electron chi connectivity index (χ1n) is 7.00.